The maximum absolute atomic E-state index is 13.0. The number of aromatic nitrogens is 3. The van der Waals surface area contributed by atoms with Crippen LogP contribution in [0.2, 0.25) is 0 Å². The second-order valence-corrected chi connectivity index (χ2v) is 10.1. The van der Waals surface area contributed by atoms with Gasteiger partial charge < -0.3 is 24.8 Å². The largest absolute Gasteiger partial charge is 0.416 e. The molecule has 0 saturated carbocycles. The van der Waals surface area contributed by atoms with E-state index in [9.17, 15) is 22.8 Å². The normalized spacial score (nSPS) is 16.2. The van der Waals surface area contributed by atoms with Crippen molar-refractivity contribution in [1.82, 2.24) is 24.8 Å². The van der Waals surface area contributed by atoms with Gasteiger partial charge in [-0.15, -0.1) is 0 Å². The van der Waals surface area contributed by atoms with E-state index in [1.807, 2.05) is 0 Å². The number of likely N-dealkylation sites (tertiary alicyclic amines) is 1. The van der Waals surface area contributed by atoms with Gasteiger partial charge in [-0.2, -0.15) is 13.2 Å². The number of carbonyl (C=O) groups excluding carboxylic acids is 2. The van der Waals surface area contributed by atoms with E-state index in [4.69, 9.17) is 4.74 Å². The number of thiazole rings is 1. The van der Waals surface area contributed by atoms with Crippen LogP contribution in [-0.2, 0) is 22.8 Å². The number of fused-ring (bicyclic) bond motifs is 2. The molecule has 2 aromatic heterocycles. The van der Waals surface area contributed by atoms with Gasteiger partial charge in [-0.25, -0.2) is 9.97 Å². The van der Waals surface area contributed by atoms with Gasteiger partial charge in [0.05, 0.1) is 39.5 Å². The molecule has 1 saturated heterocycles. The maximum atomic E-state index is 13.0. The van der Waals surface area contributed by atoms with Crippen LogP contribution in [-0.4, -0.2) is 64.1 Å². The molecule has 1 unspecified atom stereocenters. The summed E-state index contributed by atoms with van der Waals surface area (Å²) < 4.78 is 46.6. The first-order chi connectivity index (χ1) is 18.1. The first-order valence-corrected chi connectivity index (χ1v) is 12.7. The Morgan fingerprint density at radius 1 is 1.16 bits per heavy atom. The van der Waals surface area contributed by atoms with Crippen LogP contribution in [0.25, 0.3) is 21.3 Å². The third kappa shape index (κ3) is 5.29. The van der Waals surface area contributed by atoms with Crippen LogP contribution < -0.4 is 10.6 Å². The molecule has 3 heterocycles. The number of carbonyl (C=O) groups is 2. The molecule has 1 aliphatic heterocycles. The molecule has 200 valence electrons. The zero-order valence-electron chi connectivity index (χ0n) is 20.6. The lowest BCUT2D eigenvalue weighted by molar-refractivity contribution is -0.137. The number of nitrogens with zero attached hydrogens (tertiary/aromatic N) is 4. The van der Waals surface area contributed by atoms with Crippen molar-refractivity contribution in [2.45, 2.75) is 25.1 Å². The molecule has 4 aromatic rings. The van der Waals surface area contributed by atoms with Crippen LogP contribution in [0.1, 0.15) is 28.8 Å². The molecule has 0 spiro atoms. The van der Waals surface area contributed by atoms with Crippen molar-refractivity contribution >= 4 is 55.5 Å². The van der Waals surface area contributed by atoms with Gasteiger partial charge >= 0.3 is 6.18 Å². The van der Waals surface area contributed by atoms with Gasteiger partial charge in [-0.1, -0.05) is 11.3 Å². The van der Waals surface area contributed by atoms with E-state index in [0.717, 1.165) is 41.8 Å². The second kappa shape index (κ2) is 10.2. The summed E-state index contributed by atoms with van der Waals surface area (Å²) in [6.45, 7) is 1.04. The monoisotopic (exact) mass is 546 g/mol. The van der Waals surface area contributed by atoms with E-state index in [-0.39, 0.29) is 18.6 Å². The maximum Gasteiger partial charge on any atom is 0.416 e. The Morgan fingerprint density at radius 2 is 1.97 bits per heavy atom. The molecule has 0 aliphatic carbocycles. The molecule has 38 heavy (non-hydrogen) atoms. The van der Waals surface area contributed by atoms with Crippen LogP contribution in [0.4, 0.5) is 24.3 Å². The number of alkyl halides is 3. The summed E-state index contributed by atoms with van der Waals surface area (Å²) in [6.07, 6.45) is -2.65. The number of imidazole rings is 1. The van der Waals surface area contributed by atoms with Gasteiger partial charge in [0.1, 0.15) is 0 Å². The lowest BCUT2D eigenvalue weighted by Crippen LogP contribution is -2.47. The van der Waals surface area contributed by atoms with E-state index in [0.29, 0.717) is 45.5 Å². The first-order valence-electron chi connectivity index (χ1n) is 11.9. The van der Waals surface area contributed by atoms with Crippen molar-refractivity contribution in [1.29, 1.82) is 0 Å². The van der Waals surface area contributed by atoms with E-state index in [1.165, 1.54) is 6.07 Å². The van der Waals surface area contributed by atoms with Crippen molar-refractivity contribution in [2.24, 2.45) is 7.05 Å². The number of hydrogen-bond acceptors (Lipinski definition) is 7. The summed E-state index contributed by atoms with van der Waals surface area (Å²) in [7, 11) is 3.40. The Labute approximate surface area is 219 Å². The predicted molar refractivity (Wildman–Crippen MR) is 138 cm³/mol. The highest BCUT2D eigenvalue weighted by Gasteiger charge is 2.31. The van der Waals surface area contributed by atoms with Crippen LogP contribution in [0.5, 0.6) is 0 Å². The Balaban J connectivity index is 1.28. The minimum Gasteiger partial charge on any atom is -0.380 e. The summed E-state index contributed by atoms with van der Waals surface area (Å²) in [5.41, 5.74) is 1.33. The van der Waals surface area contributed by atoms with Gasteiger partial charge in [-0.3, -0.25) is 9.59 Å². The quantitative estimate of drug-likeness (QED) is 0.374. The number of hydrogen-bond donors (Lipinski definition) is 2. The number of nitrogens with one attached hydrogen (secondary N) is 2. The van der Waals surface area contributed by atoms with Gasteiger partial charge in [-0.05, 0) is 49.2 Å². The van der Waals surface area contributed by atoms with Crippen molar-refractivity contribution in [3.05, 3.63) is 47.5 Å². The molecule has 0 radical (unpaired) electrons. The lowest BCUT2D eigenvalue weighted by Gasteiger charge is -2.32. The molecule has 1 aliphatic rings. The molecule has 9 nitrogen and oxygen atoms in total. The Morgan fingerprint density at radius 3 is 2.74 bits per heavy atom. The SMILES string of the molecule is COC1CCCN(C(=O)CNC(=O)c2ccc3c(c2)nc(Nc2nc4ccc(C(F)(F)F)cc4s2)n3C)C1. The topological polar surface area (TPSA) is 101 Å². The van der Waals surface area contributed by atoms with Gasteiger partial charge in [0.2, 0.25) is 11.9 Å². The summed E-state index contributed by atoms with van der Waals surface area (Å²) in [6, 6.07) is 8.42. The fraction of sp³-hybridized carbons (Fsp3) is 0.360. The van der Waals surface area contributed by atoms with Crippen LogP contribution in [0.15, 0.2) is 36.4 Å². The smallest absolute Gasteiger partial charge is 0.380 e. The van der Waals surface area contributed by atoms with Crippen LogP contribution >= 0.6 is 11.3 Å². The summed E-state index contributed by atoms with van der Waals surface area (Å²) >= 11 is 1.09. The zero-order valence-corrected chi connectivity index (χ0v) is 21.4. The molecular formula is C25H25F3N6O3S. The standard InChI is InChI=1S/C25H25F3N6O3S/c1-33-19-8-5-14(22(36)29-12-21(35)34-9-3-4-16(13-34)37-2)10-18(19)30-23(33)32-24-31-17-7-6-15(25(26,27)28)11-20(17)38-24/h5-8,10-11,16H,3-4,9,12-13H2,1-2H3,(H,29,36)(H,30,31,32). The number of benzene rings is 2. The molecule has 1 fully saturated rings. The molecule has 2 N–H and O–H groups in total. The Hall–Kier alpha value is -3.71. The third-order valence-corrected chi connectivity index (χ3v) is 7.48. The van der Waals surface area contributed by atoms with E-state index >= 15 is 0 Å². The average Bonchev–Trinajstić information content (AvgIpc) is 3.45. The Kier molecular flexibility index (Phi) is 6.97. The molecule has 2 aromatic carbocycles. The summed E-state index contributed by atoms with van der Waals surface area (Å²) in [5, 5.41) is 6.13. The highest BCUT2D eigenvalue weighted by atomic mass is 32.1. The van der Waals surface area contributed by atoms with Crippen molar-refractivity contribution < 1.29 is 27.5 Å². The number of piperidine rings is 1. The van der Waals surface area contributed by atoms with Crippen molar-refractivity contribution in [2.75, 3.05) is 32.1 Å². The molecular weight excluding hydrogens is 521 g/mol. The molecule has 0 bridgehead atoms. The molecule has 1 atom stereocenters. The van der Waals surface area contributed by atoms with Crippen molar-refractivity contribution in [3.63, 3.8) is 0 Å². The summed E-state index contributed by atoms with van der Waals surface area (Å²) in [5.74, 6) is -0.142. The number of anilines is 2. The minimum atomic E-state index is -4.43. The number of aryl methyl sites for hydroxylation is 1. The van der Waals surface area contributed by atoms with E-state index in [2.05, 4.69) is 20.6 Å². The number of rotatable bonds is 6. The van der Waals surface area contributed by atoms with Crippen molar-refractivity contribution in [3.8, 4) is 0 Å². The Bertz CT molecular complexity index is 1520. The number of halogens is 3. The summed E-state index contributed by atoms with van der Waals surface area (Å²) in [4.78, 5) is 35.9. The van der Waals surface area contributed by atoms with E-state index in [1.54, 1.807) is 41.8 Å². The molecule has 5 rings (SSSR count). The minimum absolute atomic E-state index is 0.0119. The number of amides is 2. The molecule has 2 amide bonds. The zero-order chi connectivity index (χ0) is 27.0. The van der Waals surface area contributed by atoms with Gasteiger partial charge in [0.25, 0.3) is 5.91 Å². The average molecular weight is 547 g/mol. The number of methoxy groups -OCH3 is 1. The fourth-order valence-corrected chi connectivity index (χ4v) is 5.33. The van der Waals surface area contributed by atoms with Gasteiger partial charge in [0, 0.05) is 32.8 Å². The fourth-order valence-electron chi connectivity index (χ4n) is 4.43. The van der Waals surface area contributed by atoms with Gasteiger partial charge in [0.15, 0.2) is 5.13 Å². The predicted octanol–water partition coefficient (Wildman–Crippen LogP) is 4.31. The number of ether oxygens (including phenoxy) is 1. The lowest BCUT2D eigenvalue weighted by atomic mass is 10.1. The van der Waals surface area contributed by atoms with Crippen LogP contribution in [0.3, 0.4) is 0 Å². The third-order valence-electron chi connectivity index (χ3n) is 6.54. The first kappa shape index (κ1) is 25.9. The molecule has 13 heteroatoms. The highest BCUT2D eigenvalue weighted by Crippen LogP contribution is 2.35. The van der Waals surface area contributed by atoms with Crippen LogP contribution in [0, 0.1) is 0 Å². The van der Waals surface area contributed by atoms with E-state index < -0.39 is 17.6 Å². The second-order valence-electron chi connectivity index (χ2n) is 9.04. The highest BCUT2D eigenvalue weighted by molar-refractivity contribution is 7.22.